The number of methoxy groups -OCH3 is 1. The molecule has 1 heterocycles. The zero-order valence-electron chi connectivity index (χ0n) is 28.9. The van der Waals surface area contributed by atoms with Crippen LogP contribution in [0.2, 0.25) is 0 Å². The largest absolute Gasteiger partial charge is 0.507 e. The Morgan fingerprint density at radius 1 is 0.652 bits per heavy atom. The number of nitrogens with zero attached hydrogens (tertiary/aromatic N) is 3. The van der Waals surface area contributed by atoms with E-state index in [2.05, 4.69) is 37.7 Å². The van der Waals surface area contributed by atoms with E-state index in [0.29, 0.717) is 59.2 Å². The van der Waals surface area contributed by atoms with Crippen LogP contribution in [0.15, 0.2) is 60.6 Å². The van der Waals surface area contributed by atoms with Crippen LogP contribution in [-0.4, -0.2) is 45.5 Å². The Labute approximate surface area is 275 Å². The maximum atomic E-state index is 11.1. The Balaban J connectivity index is 1.69. The van der Waals surface area contributed by atoms with Gasteiger partial charge in [-0.05, 0) is 73.2 Å². The molecule has 0 spiro atoms. The molecular formula is C38H49N3O5. The second-order valence-electron chi connectivity index (χ2n) is 11.8. The lowest BCUT2D eigenvalue weighted by atomic mass is 10.0. The lowest BCUT2D eigenvalue weighted by molar-refractivity contribution is 0.232. The van der Waals surface area contributed by atoms with Gasteiger partial charge in [-0.2, -0.15) is 0 Å². The van der Waals surface area contributed by atoms with Gasteiger partial charge in [-0.3, -0.25) is 0 Å². The van der Waals surface area contributed by atoms with Gasteiger partial charge >= 0.3 is 0 Å². The molecule has 8 nitrogen and oxygen atoms in total. The molecule has 2 N–H and O–H groups in total. The van der Waals surface area contributed by atoms with E-state index in [1.165, 1.54) is 12.1 Å². The maximum absolute atomic E-state index is 11.1. The predicted molar refractivity (Wildman–Crippen MR) is 184 cm³/mol. The molecule has 0 saturated carbocycles. The molecule has 3 aromatic carbocycles. The first kappa shape index (κ1) is 33.0. The third kappa shape index (κ3) is 9.35. The first-order valence-electron chi connectivity index (χ1n) is 17.1. The minimum Gasteiger partial charge on any atom is -0.507 e. The minimum atomic E-state index is -0.114. The molecule has 0 amide bonds. The van der Waals surface area contributed by atoms with Gasteiger partial charge in [0.05, 0.1) is 32.8 Å². The number of phenolic OH excluding ortho intramolecular Hbond substituents is 2. The minimum absolute atomic E-state index is 0.0374. The summed E-state index contributed by atoms with van der Waals surface area (Å²) in [6.07, 6.45) is 8.74. The van der Waals surface area contributed by atoms with Gasteiger partial charge in [0.25, 0.3) is 0 Å². The number of rotatable bonds is 18. The second kappa shape index (κ2) is 17.4. The van der Waals surface area contributed by atoms with Crippen LogP contribution in [0.3, 0.4) is 0 Å². The highest BCUT2D eigenvalue weighted by atomic mass is 16.5. The van der Waals surface area contributed by atoms with Gasteiger partial charge in [-0.1, -0.05) is 66.2 Å². The van der Waals surface area contributed by atoms with Crippen LogP contribution in [0.4, 0.5) is 0 Å². The van der Waals surface area contributed by atoms with Gasteiger partial charge in [0, 0.05) is 17.7 Å². The van der Waals surface area contributed by atoms with Crippen LogP contribution in [0, 0.1) is 11.8 Å². The molecule has 4 rings (SSSR count). The topological polar surface area (TPSA) is 107 Å². The Morgan fingerprint density at radius 2 is 1.15 bits per heavy atom. The van der Waals surface area contributed by atoms with E-state index >= 15 is 0 Å². The zero-order valence-corrected chi connectivity index (χ0v) is 27.9. The molecule has 0 aliphatic carbocycles. The lowest BCUT2D eigenvalue weighted by Crippen LogP contribution is -2.11. The Morgan fingerprint density at radius 3 is 1.67 bits per heavy atom. The highest BCUT2D eigenvalue weighted by molar-refractivity contribution is 5.72. The predicted octanol–water partition coefficient (Wildman–Crippen LogP) is 9.48. The summed E-state index contributed by atoms with van der Waals surface area (Å²) in [6, 6.07) is 15.5. The summed E-state index contributed by atoms with van der Waals surface area (Å²) >= 11 is 0. The van der Waals surface area contributed by atoms with E-state index in [9.17, 15) is 10.2 Å². The average Bonchev–Trinajstić information content (AvgIpc) is 3.09. The van der Waals surface area contributed by atoms with Crippen LogP contribution in [-0.2, 0) is 0 Å². The molecule has 0 fully saturated rings. The molecule has 246 valence electrons. The number of hydrogen-bond acceptors (Lipinski definition) is 8. The van der Waals surface area contributed by atoms with Crippen LogP contribution >= 0.6 is 0 Å². The second-order valence-corrected chi connectivity index (χ2v) is 11.8. The fourth-order valence-corrected chi connectivity index (χ4v) is 5.22. The summed E-state index contributed by atoms with van der Waals surface area (Å²) in [5.41, 5.74) is 1.34. The third-order valence-corrected chi connectivity index (χ3v) is 8.38. The summed E-state index contributed by atoms with van der Waals surface area (Å²) < 4.78 is 26.0. The summed E-state index contributed by atoms with van der Waals surface area (Å²) in [7, 11) is 1.60. The summed E-state index contributed by atoms with van der Waals surface area (Å²) in [4.78, 5) is 14.1. The standard InChI is InChI=1S/C38H49N3O5/c1-6-10-12-26(8-3)24-45-30-18-20-32(34(42)22-30)37-39-36(28-14-16-29(44-5)17-15-28)40-38(41-37)33-21-19-31(23-35(33)43)46-25-27(9-4)13-11-7-2/h14-23,26-27,42-43H,6-13,24-25H2,1-5H3/i18D. The SMILES string of the molecule is [2H]c1cc(-c2nc(-c3ccc(OC)cc3)nc(-c3ccc(OCC(CC)CCCC)cc3O)n2)c(O)cc1OCC(CC)CCCC. The maximum Gasteiger partial charge on any atom is 0.167 e. The number of phenols is 2. The van der Waals surface area contributed by atoms with Crippen molar-refractivity contribution >= 4 is 0 Å². The van der Waals surface area contributed by atoms with Crippen molar-refractivity contribution in [1.29, 1.82) is 0 Å². The van der Waals surface area contributed by atoms with Crippen molar-refractivity contribution in [2.24, 2.45) is 11.8 Å². The monoisotopic (exact) mass is 628 g/mol. The van der Waals surface area contributed by atoms with E-state index < -0.39 is 0 Å². The highest BCUT2D eigenvalue weighted by Gasteiger charge is 2.18. The molecule has 2 unspecified atom stereocenters. The van der Waals surface area contributed by atoms with Gasteiger partial charge < -0.3 is 24.4 Å². The fraction of sp³-hybridized carbons (Fsp3) is 0.447. The smallest absolute Gasteiger partial charge is 0.167 e. The number of unbranched alkanes of at least 4 members (excludes halogenated alkanes) is 2. The molecule has 8 heteroatoms. The number of hydrogen-bond donors (Lipinski definition) is 2. The Kier molecular flexibility index (Phi) is 12.5. The molecule has 0 aliphatic rings. The molecule has 0 saturated heterocycles. The fourth-order valence-electron chi connectivity index (χ4n) is 5.22. The van der Waals surface area contributed by atoms with Gasteiger partial charge in [-0.25, -0.2) is 15.0 Å². The van der Waals surface area contributed by atoms with Gasteiger partial charge in [0.2, 0.25) is 0 Å². The average molecular weight is 629 g/mol. The first-order chi connectivity index (χ1) is 22.8. The molecule has 46 heavy (non-hydrogen) atoms. The molecule has 1 aromatic heterocycles. The van der Waals surface area contributed by atoms with Crippen molar-refractivity contribution in [3.8, 4) is 62.9 Å². The van der Waals surface area contributed by atoms with Crippen molar-refractivity contribution in [1.82, 2.24) is 15.0 Å². The summed E-state index contributed by atoms with van der Waals surface area (Å²) in [5, 5.41) is 22.3. The molecule has 2 atom stereocenters. The number of ether oxygens (including phenoxy) is 3. The van der Waals surface area contributed by atoms with Gasteiger partial charge in [-0.15, -0.1) is 0 Å². The van der Waals surface area contributed by atoms with E-state index in [-0.39, 0.29) is 34.8 Å². The van der Waals surface area contributed by atoms with E-state index in [1.807, 2.05) is 24.3 Å². The Bertz CT molecular complexity index is 1580. The molecule has 0 radical (unpaired) electrons. The molecule has 4 aromatic rings. The van der Waals surface area contributed by atoms with E-state index in [1.54, 1.807) is 25.3 Å². The van der Waals surface area contributed by atoms with Gasteiger partial charge in [0.15, 0.2) is 17.5 Å². The number of aromatic nitrogens is 3. The first-order valence-corrected chi connectivity index (χ1v) is 16.6. The number of benzene rings is 3. The van der Waals surface area contributed by atoms with Crippen molar-refractivity contribution in [3.63, 3.8) is 0 Å². The van der Waals surface area contributed by atoms with Crippen LogP contribution in [0.25, 0.3) is 34.2 Å². The normalized spacial score (nSPS) is 12.8. The quantitative estimate of drug-likeness (QED) is 0.112. The zero-order chi connectivity index (χ0) is 33.8. The molecule has 0 aliphatic heterocycles. The van der Waals surface area contributed by atoms with Crippen molar-refractivity contribution in [2.45, 2.75) is 79.1 Å². The Hall–Kier alpha value is -4.33. The summed E-state index contributed by atoms with van der Waals surface area (Å²) in [5.74, 6) is 2.95. The van der Waals surface area contributed by atoms with Crippen molar-refractivity contribution in [3.05, 3.63) is 60.6 Å². The molecule has 0 bridgehead atoms. The van der Waals surface area contributed by atoms with E-state index in [4.69, 9.17) is 20.6 Å². The van der Waals surface area contributed by atoms with Crippen molar-refractivity contribution < 1.29 is 25.8 Å². The van der Waals surface area contributed by atoms with Crippen LogP contribution in [0.1, 0.15) is 80.4 Å². The van der Waals surface area contributed by atoms with E-state index in [0.717, 1.165) is 51.4 Å². The summed E-state index contributed by atoms with van der Waals surface area (Å²) in [6.45, 7) is 9.72. The van der Waals surface area contributed by atoms with Crippen LogP contribution < -0.4 is 14.2 Å². The van der Waals surface area contributed by atoms with Crippen LogP contribution in [0.5, 0.6) is 28.7 Å². The number of aromatic hydroxyl groups is 2. The van der Waals surface area contributed by atoms with Crippen molar-refractivity contribution in [2.75, 3.05) is 20.3 Å². The lowest BCUT2D eigenvalue weighted by Gasteiger charge is -2.16. The molecular weight excluding hydrogens is 578 g/mol. The third-order valence-electron chi connectivity index (χ3n) is 8.38. The highest BCUT2D eigenvalue weighted by Crippen LogP contribution is 2.36. The van der Waals surface area contributed by atoms with Gasteiger partial charge in [0.1, 0.15) is 28.7 Å².